The Bertz CT molecular complexity index is 505. The minimum atomic E-state index is -0.662. The highest BCUT2D eigenvalue weighted by atomic mass is 16.5. The molecule has 0 radical (unpaired) electrons. The second kappa shape index (κ2) is 6.78. The van der Waals surface area contributed by atoms with Gasteiger partial charge in [-0.05, 0) is 19.1 Å². The molecule has 1 N–H and O–H groups in total. The number of amides is 1. The van der Waals surface area contributed by atoms with Crippen LogP contribution in [0.15, 0.2) is 18.2 Å². The lowest BCUT2D eigenvalue weighted by molar-refractivity contribution is 0.0517. The van der Waals surface area contributed by atoms with Gasteiger partial charge in [0.2, 0.25) is 0 Å². The molecule has 2 rings (SSSR count). The quantitative estimate of drug-likeness (QED) is 0.875. The van der Waals surface area contributed by atoms with E-state index in [9.17, 15) is 9.90 Å². The first-order valence-electron chi connectivity index (χ1n) is 6.91. The summed E-state index contributed by atoms with van der Waals surface area (Å²) in [5.41, 5.74) is 0.415. The lowest BCUT2D eigenvalue weighted by Gasteiger charge is -2.29. The number of benzene rings is 1. The fourth-order valence-electron chi connectivity index (χ4n) is 2.57. The molecule has 1 aromatic carbocycles. The van der Waals surface area contributed by atoms with E-state index in [4.69, 9.17) is 14.2 Å². The van der Waals surface area contributed by atoms with E-state index in [0.29, 0.717) is 30.2 Å². The standard InChI is InChI=1S/C15H21NO5/c1-4-16(11-8-21-9-12(11)17)15(18)10-6-5-7-13(19-2)14(10)20-3/h5-7,11-12,17H,4,8-9H2,1-3H3/t11-,12-/m1/s1. The lowest BCUT2D eigenvalue weighted by Crippen LogP contribution is -2.46. The van der Waals surface area contributed by atoms with Gasteiger partial charge < -0.3 is 24.2 Å². The third-order valence-corrected chi connectivity index (χ3v) is 3.66. The maximum atomic E-state index is 12.8. The Labute approximate surface area is 124 Å². The molecule has 21 heavy (non-hydrogen) atoms. The topological polar surface area (TPSA) is 68.2 Å². The number of hydrogen-bond donors (Lipinski definition) is 1. The van der Waals surface area contributed by atoms with Gasteiger partial charge in [0.15, 0.2) is 11.5 Å². The van der Waals surface area contributed by atoms with Crippen molar-refractivity contribution in [3.05, 3.63) is 23.8 Å². The second-order valence-electron chi connectivity index (χ2n) is 4.80. The van der Waals surface area contributed by atoms with E-state index in [0.717, 1.165) is 0 Å². The van der Waals surface area contributed by atoms with Crippen LogP contribution >= 0.6 is 0 Å². The Balaban J connectivity index is 2.33. The summed E-state index contributed by atoms with van der Waals surface area (Å²) in [5.74, 6) is 0.697. The number of nitrogens with zero attached hydrogens (tertiary/aromatic N) is 1. The van der Waals surface area contributed by atoms with Gasteiger partial charge in [-0.2, -0.15) is 0 Å². The van der Waals surface area contributed by atoms with Crippen molar-refractivity contribution in [2.45, 2.75) is 19.1 Å². The maximum Gasteiger partial charge on any atom is 0.258 e. The molecule has 6 heteroatoms. The number of ether oxygens (including phenoxy) is 3. The smallest absolute Gasteiger partial charge is 0.258 e. The Morgan fingerprint density at radius 2 is 2.14 bits per heavy atom. The fraction of sp³-hybridized carbons (Fsp3) is 0.533. The number of carbonyl (C=O) groups excluding carboxylic acids is 1. The van der Waals surface area contributed by atoms with Gasteiger partial charge in [-0.25, -0.2) is 0 Å². The van der Waals surface area contributed by atoms with Gasteiger partial charge in [0, 0.05) is 6.54 Å². The minimum Gasteiger partial charge on any atom is -0.493 e. The Morgan fingerprint density at radius 3 is 2.67 bits per heavy atom. The first kappa shape index (κ1) is 15.6. The molecular formula is C15H21NO5. The average molecular weight is 295 g/mol. The summed E-state index contributed by atoms with van der Waals surface area (Å²) in [6.07, 6.45) is -0.662. The predicted molar refractivity (Wildman–Crippen MR) is 76.9 cm³/mol. The maximum absolute atomic E-state index is 12.8. The molecule has 0 aliphatic carbocycles. The van der Waals surface area contributed by atoms with Crippen LogP contribution in [0.25, 0.3) is 0 Å². The second-order valence-corrected chi connectivity index (χ2v) is 4.80. The van der Waals surface area contributed by atoms with Gasteiger partial charge in [-0.1, -0.05) is 6.07 Å². The van der Waals surface area contributed by atoms with E-state index < -0.39 is 6.10 Å². The van der Waals surface area contributed by atoms with E-state index in [1.54, 1.807) is 23.1 Å². The van der Waals surface area contributed by atoms with Gasteiger partial charge in [-0.3, -0.25) is 4.79 Å². The lowest BCUT2D eigenvalue weighted by atomic mass is 10.1. The summed E-state index contributed by atoms with van der Waals surface area (Å²) in [6.45, 7) is 2.94. The molecule has 116 valence electrons. The number of aliphatic hydroxyl groups is 1. The van der Waals surface area contributed by atoms with Gasteiger partial charge in [-0.15, -0.1) is 0 Å². The van der Waals surface area contributed by atoms with Crippen molar-refractivity contribution in [3.8, 4) is 11.5 Å². The zero-order valence-corrected chi connectivity index (χ0v) is 12.5. The molecule has 0 aromatic heterocycles. The third-order valence-electron chi connectivity index (χ3n) is 3.66. The molecule has 1 saturated heterocycles. The van der Waals surface area contributed by atoms with E-state index in [2.05, 4.69) is 0 Å². The van der Waals surface area contributed by atoms with Gasteiger partial charge in [0.25, 0.3) is 5.91 Å². The zero-order valence-electron chi connectivity index (χ0n) is 12.5. The summed E-state index contributed by atoms with van der Waals surface area (Å²) in [4.78, 5) is 14.4. The van der Waals surface area contributed by atoms with E-state index in [-0.39, 0.29) is 18.6 Å². The number of likely N-dealkylation sites (N-methyl/N-ethyl adjacent to an activating group) is 1. The SMILES string of the molecule is CCN(C(=O)c1cccc(OC)c1OC)[C@@H]1COC[C@H]1O. The average Bonchev–Trinajstić information content (AvgIpc) is 2.93. The van der Waals surface area contributed by atoms with E-state index in [1.807, 2.05) is 6.92 Å². The largest absolute Gasteiger partial charge is 0.493 e. The monoisotopic (exact) mass is 295 g/mol. The van der Waals surface area contributed by atoms with Gasteiger partial charge >= 0.3 is 0 Å². The van der Waals surface area contributed by atoms with Crippen LogP contribution in [0.5, 0.6) is 11.5 Å². The van der Waals surface area contributed by atoms with Crippen LogP contribution in [-0.4, -0.2) is 62.0 Å². The van der Waals surface area contributed by atoms with Crippen molar-refractivity contribution >= 4 is 5.91 Å². The number of hydrogen-bond acceptors (Lipinski definition) is 5. The number of carbonyl (C=O) groups is 1. The molecule has 1 heterocycles. The molecule has 1 amide bonds. The molecule has 2 atom stereocenters. The number of rotatable bonds is 5. The van der Waals surface area contributed by atoms with Crippen molar-refractivity contribution in [1.29, 1.82) is 0 Å². The highest BCUT2D eigenvalue weighted by Gasteiger charge is 2.35. The molecule has 1 aliphatic rings. The van der Waals surface area contributed by atoms with Crippen LogP contribution in [0.4, 0.5) is 0 Å². The summed E-state index contributed by atoms with van der Waals surface area (Å²) >= 11 is 0. The zero-order chi connectivity index (χ0) is 15.4. The van der Waals surface area contributed by atoms with Crippen molar-refractivity contribution in [3.63, 3.8) is 0 Å². The molecular weight excluding hydrogens is 274 g/mol. The molecule has 1 aliphatic heterocycles. The van der Waals surface area contributed by atoms with E-state index in [1.165, 1.54) is 14.2 Å². The van der Waals surface area contributed by atoms with E-state index >= 15 is 0 Å². The predicted octanol–water partition coefficient (Wildman–Crippen LogP) is 0.926. The highest BCUT2D eigenvalue weighted by Crippen LogP contribution is 2.32. The minimum absolute atomic E-state index is 0.206. The number of aliphatic hydroxyl groups excluding tert-OH is 1. The highest BCUT2D eigenvalue weighted by molar-refractivity contribution is 5.98. The summed E-state index contributed by atoms with van der Waals surface area (Å²) in [7, 11) is 3.02. The normalized spacial score (nSPS) is 21.1. The van der Waals surface area contributed by atoms with Crippen LogP contribution in [-0.2, 0) is 4.74 Å². The Kier molecular flexibility index (Phi) is 5.03. The molecule has 0 spiro atoms. The van der Waals surface area contributed by atoms with Crippen LogP contribution in [0.2, 0.25) is 0 Å². The van der Waals surface area contributed by atoms with Crippen molar-refractivity contribution < 1.29 is 24.1 Å². The van der Waals surface area contributed by atoms with Crippen molar-refractivity contribution in [2.24, 2.45) is 0 Å². The summed E-state index contributed by atoms with van der Waals surface area (Å²) < 4.78 is 15.8. The Hall–Kier alpha value is -1.79. The third kappa shape index (κ3) is 2.96. The summed E-state index contributed by atoms with van der Waals surface area (Å²) in [5, 5.41) is 9.94. The molecule has 0 saturated carbocycles. The summed E-state index contributed by atoms with van der Waals surface area (Å²) in [6, 6.07) is 4.83. The molecule has 1 fully saturated rings. The molecule has 0 bridgehead atoms. The molecule has 6 nitrogen and oxygen atoms in total. The first-order valence-corrected chi connectivity index (χ1v) is 6.91. The van der Waals surface area contributed by atoms with Gasteiger partial charge in [0.1, 0.15) is 0 Å². The van der Waals surface area contributed by atoms with Crippen molar-refractivity contribution in [1.82, 2.24) is 4.90 Å². The van der Waals surface area contributed by atoms with Crippen LogP contribution in [0.3, 0.4) is 0 Å². The molecule has 0 unspecified atom stereocenters. The Morgan fingerprint density at radius 1 is 1.38 bits per heavy atom. The van der Waals surface area contributed by atoms with Crippen molar-refractivity contribution in [2.75, 3.05) is 34.0 Å². The van der Waals surface area contributed by atoms with Crippen LogP contribution in [0, 0.1) is 0 Å². The molecule has 1 aromatic rings. The number of para-hydroxylation sites is 1. The number of methoxy groups -OCH3 is 2. The first-order chi connectivity index (χ1) is 10.1. The van der Waals surface area contributed by atoms with Crippen LogP contribution in [0.1, 0.15) is 17.3 Å². The van der Waals surface area contributed by atoms with Gasteiger partial charge in [0.05, 0.1) is 45.1 Å². The fourth-order valence-corrected chi connectivity index (χ4v) is 2.57. The van der Waals surface area contributed by atoms with Crippen LogP contribution < -0.4 is 9.47 Å².